The van der Waals surface area contributed by atoms with Gasteiger partial charge in [-0.25, -0.2) is 19.9 Å². The number of hydrogen-bond donors (Lipinski definition) is 1. The first-order valence-electron chi connectivity index (χ1n) is 13.3. The van der Waals surface area contributed by atoms with Crippen molar-refractivity contribution in [2.75, 3.05) is 32.1 Å². The van der Waals surface area contributed by atoms with Crippen molar-refractivity contribution < 1.29 is 4.74 Å². The van der Waals surface area contributed by atoms with E-state index in [1.54, 1.807) is 0 Å². The monoisotopic (exact) mass is 497 g/mol. The Morgan fingerprint density at radius 1 is 1.14 bits per heavy atom. The predicted molar refractivity (Wildman–Crippen MR) is 146 cm³/mol. The molecule has 1 aliphatic heterocycles. The molecule has 37 heavy (non-hydrogen) atoms. The average molecular weight is 498 g/mol. The van der Waals surface area contributed by atoms with Crippen molar-refractivity contribution in [3.05, 3.63) is 58.9 Å². The molecule has 8 nitrogen and oxygen atoms in total. The lowest BCUT2D eigenvalue weighted by Gasteiger charge is -2.30. The molecule has 0 saturated carbocycles. The summed E-state index contributed by atoms with van der Waals surface area (Å²) in [5.74, 6) is 4.53. The Labute approximate surface area is 218 Å². The maximum atomic E-state index is 6.21. The van der Waals surface area contributed by atoms with E-state index in [0.29, 0.717) is 12.5 Å². The van der Waals surface area contributed by atoms with E-state index in [9.17, 15) is 0 Å². The number of fused-ring (bicyclic) bond motifs is 3. The first kappa shape index (κ1) is 23.9. The number of H-pyrrole nitrogens is 1. The van der Waals surface area contributed by atoms with Gasteiger partial charge < -0.3 is 19.5 Å². The maximum Gasteiger partial charge on any atom is 0.177 e. The summed E-state index contributed by atoms with van der Waals surface area (Å²) in [6, 6.07) is 8.57. The summed E-state index contributed by atoms with van der Waals surface area (Å²) in [7, 11) is 4.15. The number of nitrogens with zero attached hydrogens (tertiary/aromatic N) is 6. The van der Waals surface area contributed by atoms with Crippen LogP contribution < -0.4 is 9.64 Å². The van der Waals surface area contributed by atoms with E-state index in [0.717, 1.165) is 78.0 Å². The Morgan fingerprint density at radius 2 is 2.03 bits per heavy atom. The van der Waals surface area contributed by atoms with E-state index in [4.69, 9.17) is 14.7 Å². The van der Waals surface area contributed by atoms with Crippen LogP contribution in [0.25, 0.3) is 22.3 Å². The van der Waals surface area contributed by atoms with Crippen molar-refractivity contribution in [3.8, 4) is 16.9 Å². The number of aryl methyl sites for hydroxylation is 1. The van der Waals surface area contributed by atoms with Crippen LogP contribution in [0.4, 0.5) is 5.82 Å². The molecule has 192 valence electrons. The number of ether oxygens (including phenoxy) is 1. The van der Waals surface area contributed by atoms with Crippen molar-refractivity contribution in [3.63, 3.8) is 0 Å². The normalized spacial score (nSPS) is 17.4. The quantitative estimate of drug-likeness (QED) is 0.428. The summed E-state index contributed by atoms with van der Waals surface area (Å²) in [6.45, 7) is 7.17. The number of pyridine rings is 1. The van der Waals surface area contributed by atoms with Gasteiger partial charge in [0.15, 0.2) is 5.65 Å². The molecular formula is C29H35N7O. The van der Waals surface area contributed by atoms with Crippen LogP contribution in [0.3, 0.4) is 0 Å². The highest BCUT2D eigenvalue weighted by atomic mass is 16.5. The number of aromatic amines is 1. The van der Waals surface area contributed by atoms with Crippen molar-refractivity contribution in [1.29, 1.82) is 0 Å². The Balaban J connectivity index is 1.36. The minimum absolute atomic E-state index is 0.632. The van der Waals surface area contributed by atoms with Crippen LogP contribution >= 0.6 is 0 Å². The van der Waals surface area contributed by atoms with Crippen LogP contribution in [-0.2, 0) is 25.9 Å². The Kier molecular flexibility index (Phi) is 6.28. The molecule has 0 bridgehead atoms. The van der Waals surface area contributed by atoms with Gasteiger partial charge in [0.1, 0.15) is 29.8 Å². The highest BCUT2D eigenvalue weighted by molar-refractivity contribution is 5.78. The lowest BCUT2D eigenvalue weighted by atomic mass is 9.85. The van der Waals surface area contributed by atoms with Crippen LogP contribution in [-0.4, -0.2) is 57.1 Å². The number of nitrogens with one attached hydrogen (secondary N) is 1. The summed E-state index contributed by atoms with van der Waals surface area (Å²) in [4.78, 5) is 27.0. The number of rotatable bonds is 5. The zero-order valence-electron chi connectivity index (χ0n) is 22.2. The van der Waals surface area contributed by atoms with E-state index in [1.807, 2.05) is 13.1 Å². The number of hydrogen-bond acceptors (Lipinski definition) is 7. The fourth-order valence-electron chi connectivity index (χ4n) is 5.61. The molecule has 1 unspecified atom stereocenters. The highest BCUT2D eigenvalue weighted by Crippen LogP contribution is 2.35. The molecule has 4 aromatic rings. The predicted octanol–water partition coefficient (Wildman–Crippen LogP) is 4.70. The van der Waals surface area contributed by atoms with Crippen molar-refractivity contribution in [2.24, 2.45) is 5.92 Å². The summed E-state index contributed by atoms with van der Waals surface area (Å²) >= 11 is 0. The number of aromatic nitrogens is 5. The van der Waals surface area contributed by atoms with Gasteiger partial charge >= 0.3 is 0 Å². The van der Waals surface area contributed by atoms with E-state index in [-0.39, 0.29) is 0 Å². The average Bonchev–Trinajstić information content (AvgIpc) is 3.13. The smallest absolute Gasteiger partial charge is 0.177 e. The van der Waals surface area contributed by atoms with Gasteiger partial charge in [0.2, 0.25) is 0 Å². The topological polar surface area (TPSA) is 83.1 Å². The second-order valence-electron chi connectivity index (χ2n) is 10.7. The third-order valence-corrected chi connectivity index (χ3v) is 7.57. The van der Waals surface area contributed by atoms with Crippen LogP contribution in [0, 0.1) is 12.8 Å². The molecule has 0 fully saturated rings. The third-order valence-electron chi connectivity index (χ3n) is 7.57. The molecule has 2 aliphatic rings. The first-order chi connectivity index (χ1) is 18.0. The lowest BCUT2D eigenvalue weighted by molar-refractivity contribution is 0.331. The van der Waals surface area contributed by atoms with E-state index < -0.39 is 0 Å². The summed E-state index contributed by atoms with van der Waals surface area (Å²) < 4.78 is 6.21. The molecule has 8 heteroatoms. The number of benzene rings is 1. The fraction of sp³-hybridized carbons (Fsp3) is 0.448. The van der Waals surface area contributed by atoms with Crippen molar-refractivity contribution in [1.82, 2.24) is 29.8 Å². The van der Waals surface area contributed by atoms with E-state index in [1.165, 1.54) is 29.7 Å². The standard InChI is InChI=1S/C29H35N7O/c1-5-19-6-8-23-24(12-19)33-27(17-35(3)4)34-29(23)36-10-11-37-26-9-7-20(13-22(26)16-36)21-14-25-28(30-15-21)32-18(2)31-25/h7,9,13-15,19H,5-6,8,10-12,16-17H2,1-4H3,(H,30,31,32). The SMILES string of the molecule is CCC1CCc2c(nc(CN(C)C)nc2N2CCOc3ccc(-c4cnc5nc(C)[nH]c5c4)cc3C2)C1. The zero-order chi connectivity index (χ0) is 25.5. The van der Waals surface area contributed by atoms with Crippen molar-refractivity contribution >= 4 is 17.0 Å². The Hall–Kier alpha value is -3.52. The molecule has 0 saturated heterocycles. The van der Waals surface area contributed by atoms with Gasteiger partial charge in [0.05, 0.1) is 18.6 Å². The Morgan fingerprint density at radius 3 is 2.86 bits per heavy atom. The Bertz CT molecular complexity index is 1440. The molecule has 0 radical (unpaired) electrons. The third kappa shape index (κ3) is 4.78. The van der Waals surface area contributed by atoms with Crippen molar-refractivity contribution in [2.45, 2.75) is 52.6 Å². The van der Waals surface area contributed by atoms with Gasteiger partial charge in [-0.15, -0.1) is 0 Å². The number of anilines is 1. The molecular weight excluding hydrogens is 462 g/mol. The molecule has 4 heterocycles. The lowest BCUT2D eigenvalue weighted by Crippen LogP contribution is -2.30. The van der Waals surface area contributed by atoms with Crippen LogP contribution in [0.1, 0.15) is 48.2 Å². The summed E-state index contributed by atoms with van der Waals surface area (Å²) in [6.07, 6.45) is 6.41. The van der Waals surface area contributed by atoms with Gasteiger partial charge in [0, 0.05) is 35.1 Å². The molecule has 1 aromatic carbocycles. The molecule has 1 aliphatic carbocycles. The van der Waals surface area contributed by atoms with Gasteiger partial charge in [-0.05, 0) is 70.0 Å². The molecule has 1 N–H and O–H groups in total. The van der Waals surface area contributed by atoms with Crippen LogP contribution in [0.5, 0.6) is 5.75 Å². The molecule has 0 spiro atoms. The maximum absolute atomic E-state index is 6.21. The van der Waals surface area contributed by atoms with Gasteiger partial charge in [-0.1, -0.05) is 19.4 Å². The van der Waals surface area contributed by atoms with E-state index in [2.05, 4.69) is 70.0 Å². The summed E-state index contributed by atoms with van der Waals surface area (Å²) in [5.41, 5.74) is 7.62. The van der Waals surface area contributed by atoms with Gasteiger partial charge in [-0.2, -0.15) is 0 Å². The number of imidazole rings is 1. The van der Waals surface area contributed by atoms with Crippen LogP contribution in [0.15, 0.2) is 30.5 Å². The van der Waals surface area contributed by atoms with E-state index >= 15 is 0 Å². The zero-order valence-corrected chi connectivity index (χ0v) is 22.2. The first-order valence-corrected chi connectivity index (χ1v) is 13.3. The summed E-state index contributed by atoms with van der Waals surface area (Å²) in [5, 5.41) is 0. The second kappa shape index (κ2) is 9.74. The fourth-order valence-corrected chi connectivity index (χ4v) is 5.61. The highest BCUT2D eigenvalue weighted by Gasteiger charge is 2.27. The molecule has 6 rings (SSSR count). The minimum atomic E-state index is 0.632. The molecule has 3 aromatic heterocycles. The largest absolute Gasteiger partial charge is 0.491 e. The van der Waals surface area contributed by atoms with Crippen LogP contribution in [0.2, 0.25) is 0 Å². The minimum Gasteiger partial charge on any atom is -0.491 e. The molecule has 1 atom stereocenters. The van der Waals surface area contributed by atoms with Gasteiger partial charge in [-0.3, -0.25) is 0 Å². The molecule has 0 amide bonds. The van der Waals surface area contributed by atoms with Gasteiger partial charge in [0.25, 0.3) is 0 Å². The second-order valence-corrected chi connectivity index (χ2v) is 10.7.